The molecule has 2 rings (SSSR count). The second-order valence-electron chi connectivity index (χ2n) is 3.60. The molecule has 0 aromatic rings. The lowest BCUT2D eigenvalue weighted by atomic mass is 9.68. The maximum atomic E-state index is 4.64. The average molecular weight is 148 g/mol. The van der Waals surface area contributed by atoms with Crippen LogP contribution in [0.1, 0.15) is 25.7 Å². The molecular formula is C10H14N. The van der Waals surface area contributed by atoms with Gasteiger partial charge in [0.05, 0.1) is 5.54 Å². The third-order valence-electron chi connectivity index (χ3n) is 3.00. The van der Waals surface area contributed by atoms with Crippen LogP contribution in [0.4, 0.5) is 0 Å². The first kappa shape index (κ1) is 7.11. The fraction of sp³-hybridized carbons (Fsp3) is 0.600. The van der Waals surface area contributed by atoms with Crippen molar-refractivity contribution in [2.75, 3.05) is 6.54 Å². The van der Waals surface area contributed by atoms with Gasteiger partial charge in [0.2, 0.25) is 0 Å². The van der Waals surface area contributed by atoms with Crippen molar-refractivity contribution in [3.8, 4) is 0 Å². The highest BCUT2D eigenvalue weighted by Gasteiger charge is 2.42. The summed E-state index contributed by atoms with van der Waals surface area (Å²) in [5.41, 5.74) is 2.62. The minimum atomic E-state index is 0.162. The fourth-order valence-electron chi connectivity index (χ4n) is 1.95. The van der Waals surface area contributed by atoms with Crippen molar-refractivity contribution in [2.24, 2.45) is 0 Å². The van der Waals surface area contributed by atoms with Crippen LogP contribution in [0.2, 0.25) is 0 Å². The van der Waals surface area contributed by atoms with Gasteiger partial charge in [-0.15, -0.1) is 0 Å². The number of rotatable bonds is 0. The Kier molecular flexibility index (Phi) is 1.43. The van der Waals surface area contributed by atoms with Gasteiger partial charge in [0.1, 0.15) is 0 Å². The van der Waals surface area contributed by atoms with E-state index in [1.165, 1.54) is 30.4 Å². The third kappa shape index (κ3) is 0.875. The lowest BCUT2D eigenvalue weighted by molar-refractivity contribution is 0.215. The Morgan fingerprint density at radius 2 is 2.00 bits per heavy atom. The average Bonchev–Trinajstić information content (AvgIpc) is 1.91. The van der Waals surface area contributed by atoms with Gasteiger partial charge in [0.15, 0.2) is 0 Å². The number of hydrogen-bond acceptors (Lipinski definition) is 0. The first-order chi connectivity index (χ1) is 5.25. The van der Waals surface area contributed by atoms with E-state index in [0.717, 1.165) is 13.0 Å². The lowest BCUT2D eigenvalue weighted by Gasteiger charge is -2.46. The molecule has 0 aromatic heterocycles. The molecule has 1 saturated heterocycles. The van der Waals surface area contributed by atoms with Crippen LogP contribution >= 0.6 is 0 Å². The topological polar surface area (TPSA) is 14.1 Å². The van der Waals surface area contributed by atoms with Crippen LogP contribution in [-0.4, -0.2) is 12.1 Å². The largest absolute Gasteiger partial charge is 0.230 e. The van der Waals surface area contributed by atoms with E-state index in [0.29, 0.717) is 0 Å². The van der Waals surface area contributed by atoms with E-state index in [1.807, 2.05) is 0 Å². The van der Waals surface area contributed by atoms with Crippen LogP contribution in [0.25, 0.3) is 0 Å². The molecule has 1 heterocycles. The van der Waals surface area contributed by atoms with Crippen molar-refractivity contribution in [3.05, 3.63) is 24.3 Å². The predicted octanol–water partition coefficient (Wildman–Crippen LogP) is 2.03. The Morgan fingerprint density at radius 3 is 2.45 bits per heavy atom. The minimum Gasteiger partial charge on any atom is -0.230 e. The summed E-state index contributed by atoms with van der Waals surface area (Å²) in [6.45, 7) is 9.06. The Morgan fingerprint density at radius 1 is 1.27 bits per heavy atom. The van der Waals surface area contributed by atoms with E-state index >= 15 is 0 Å². The van der Waals surface area contributed by atoms with Crippen molar-refractivity contribution in [1.29, 1.82) is 0 Å². The van der Waals surface area contributed by atoms with Crippen molar-refractivity contribution in [3.63, 3.8) is 0 Å². The summed E-state index contributed by atoms with van der Waals surface area (Å²) in [5.74, 6) is 0. The van der Waals surface area contributed by atoms with E-state index in [4.69, 9.17) is 0 Å². The monoisotopic (exact) mass is 148 g/mol. The highest BCUT2D eigenvalue weighted by molar-refractivity contribution is 5.40. The Balaban J connectivity index is 2.20. The van der Waals surface area contributed by atoms with Gasteiger partial charge in [0.25, 0.3) is 0 Å². The summed E-state index contributed by atoms with van der Waals surface area (Å²) < 4.78 is 0. The van der Waals surface area contributed by atoms with Crippen molar-refractivity contribution in [1.82, 2.24) is 5.32 Å². The standard InChI is InChI=1S/C10H14N/c1-8-4-7-11-10(9(8)2)5-3-6-10/h1-7H2. The molecule has 0 aromatic carbocycles. The molecule has 1 radical (unpaired) electrons. The van der Waals surface area contributed by atoms with Gasteiger partial charge in [-0.2, -0.15) is 0 Å². The van der Waals surface area contributed by atoms with Gasteiger partial charge >= 0.3 is 0 Å². The van der Waals surface area contributed by atoms with Crippen LogP contribution in [0.5, 0.6) is 0 Å². The second-order valence-corrected chi connectivity index (χ2v) is 3.60. The zero-order valence-corrected chi connectivity index (χ0v) is 6.90. The van der Waals surface area contributed by atoms with Crippen LogP contribution in [0, 0.1) is 0 Å². The number of piperidine rings is 1. The minimum absolute atomic E-state index is 0.162. The molecule has 1 spiro atoms. The molecule has 0 amide bonds. The third-order valence-corrected chi connectivity index (χ3v) is 3.00. The van der Waals surface area contributed by atoms with Crippen LogP contribution in [0.15, 0.2) is 24.3 Å². The van der Waals surface area contributed by atoms with E-state index in [2.05, 4.69) is 18.5 Å². The highest BCUT2D eigenvalue weighted by Crippen LogP contribution is 2.43. The van der Waals surface area contributed by atoms with Gasteiger partial charge < -0.3 is 0 Å². The molecule has 0 atom stereocenters. The molecule has 0 unspecified atom stereocenters. The molecule has 1 nitrogen and oxygen atoms in total. The van der Waals surface area contributed by atoms with Crippen molar-refractivity contribution >= 4 is 0 Å². The first-order valence-electron chi connectivity index (χ1n) is 4.31. The van der Waals surface area contributed by atoms with E-state index in [-0.39, 0.29) is 5.54 Å². The summed E-state index contributed by atoms with van der Waals surface area (Å²) in [6.07, 6.45) is 4.77. The second kappa shape index (κ2) is 2.21. The number of nitrogens with zero attached hydrogens (tertiary/aromatic N) is 1. The molecule has 1 aliphatic heterocycles. The Hall–Kier alpha value is -0.560. The zero-order valence-electron chi connectivity index (χ0n) is 6.90. The Bertz CT molecular complexity index is 211. The van der Waals surface area contributed by atoms with Gasteiger partial charge in [0, 0.05) is 6.54 Å². The molecule has 0 bridgehead atoms. The summed E-state index contributed by atoms with van der Waals surface area (Å²) in [6, 6.07) is 0. The van der Waals surface area contributed by atoms with Gasteiger partial charge in [-0.3, -0.25) is 0 Å². The molecular weight excluding hydrogens is 134 g/mol. The van der Waals surface area contributed by atoms with E-state index in [1.54, 1.807) is 0 Å². The van der Waals surface area contributed by atoms with Crippen LogP contribution in [0.3, 0.4) is 0 Å². The summed E-state index contributed by atoms with van der Waals surface area (Å²) in [5, 5.41) is 4.64. The van der Waals surface area contributed by atoms with E-state index in [9.17, 15) is 0 Å². The molecule has 11 heavy (non-hydrogen) atoms. The summed E-state index contributed by atoms with van der Waals surface area (Å²) in [7, 11) is 0. The molecule has 2 aliphatic rings. The van der Waals surface area contributed by atoms with Gasteiger partial charge in [-0.25, -0.2) is 5.32 Å². The first-order valence-corrected chi connectivity index (χ1v) is 4.31. The molecule has 59 valence electrons. The smallest absolute Gasteiger partial charge is 0.0602 e. The number of hydrogen-bond donors (Lipinski definition) is 0. The SMILES string of the molecule is C=C1CC[N]C2(CCC2)C1=C. The summed E-state index contributed by atoms with van der Waals surface area (Å²) >= 11 is 0. The van der Waals surface area contributed by atoms with Gasteiger partial charge in [-0.05, 0) is 36.8 Å². The Labute approximate surface area is 68.2 Å². The summed E-state index contributed by atoms with van der Waals surface area (Å²) in [4.78, 5) is 0. The molecule has 1 saturated carbocycles. The predicted molar refractivity (Wildman–Crippen MR) is 46.5 cm³/mol. The molecule has 2 fully saturated rings. The maximum Gasteiger partial charge on any atom is 0.0602 e. The highest BCUT2D eigenvalue weighted by atomic mass is 15.0. The zero-order chi connectivity index (χ0) is 7.90. The van der Waals surface area contributed by atoms with Crippen molar-refractivity contribution in [2.45, 2.75) is 31.2 Å². The van der Waals surface area contributed by atoms with Crippen LogP contribution < -0.4 is 5.32 Å². The molecule has 1 aliphatic carbocycles. The molecule has 0 N–H and O–H groups in total. The molecule has 1 heteroatoms. The van der Waals surface area contributed by atoms with Crippen LogP contribution in [-0.2, 0) is 0 Å². The van der Waals surface area contributed by atoms with E-state index < -0.39 is 0 Å². The fourth-order valence-corrected chi connectivity index (χ4v) is 1.95. The maximum absolute atomic E-state index is 4.64. The normalized spacial score (nSPS) is 28.7. The van der Waals surface area contributed by atoms with Crippen molar-refractivity contribution < 1.29 is 0 Å². The lowest BCUT2D eigenvalue weighted by Crippen LogP contribution is -2.51. The quantitative estimate of drug-likeness (QED) is 0.499. The van der Waals surface area contributed by atoms with Gasteiger partial charge in [-0.1, -0.05) is 13.2 Å².